The summed E-state index contributed by atoms with van der Waals surface area (Å²) in [6.45, 7) is 4.73. The van der Waals surface area contributed by atoms with Crippen LogP contribution in [0.3, 0.4) is 0 Å². The minimum absolute atomic E-state index is 0.268. The van der Waals surface area contributed by atoms with Gasteiger partial charge in [-0.25, -0.2) is 14.8 Å². The lowest BCUT2D eigenvalue weighted by Crippen LogP contribution is -2.49. The Kier molecular flexibility index (Phi) is 3.60. The van der Waals surface area contributed by atoms with E-state index in [0.29, 0.717) is 13.1 Å². The second-order valence-electron chi connectivity index (χ2n) is 5.07. The van der Waals surface area contributed by atoms with Crippen LogP contribution in [0, 0.1) is 6.92 Å². The van der Waals surface area contributed by atoms with E-state index < -0.39 is 0 Å². The van der Waals surface area contributed by atoms with Crippen molar-refractivity contribution in [3.8, 4) is 0 Å². The van der Waals surface area contributed by atoms with Gasteiger partial charge in [-0.05, 0) is 19.1 Å². The fourth-order valence-electron chi connectivity index (χ4n) is 2.61. The highest BCUT2D eigenvalue weighted by molar-refractivity contribution is 5.76. The van der Waals surface area contributed by atoms with Crippen molar-refractivity contribution in [3.63, 3.8) is 0 Å². The van der Waals surface area contributed by atoms with Crippen LogP contribution in [-0.4, -0.2) is 54.2 Å². The van der Waals surface area contributed by atoms with Gasteiger partial charge < -0.3 is 14.5 Å². The molecule has 1 fully saturated rings. The predicted molar refractivity (Wildman–Crippen MR) is 80.5 cm³/mol. The third-order valence-electron chi connectivity index (χ3n) is 3.73. The van der Waals surface area contributed by atoms with Gasteiger partial charge in [-0.1, -0.05) is 12.1 Å². The molecule has 1 amide bonds. The number of methoxy groups -OCH3 is 1. The Bertz CT molecular complexity index is 666. The highest BCUT2D eigenvalue weighted by Crippen LogP contribution is 2.21. The molecule has 0 radical (unpaired) electrons. The normalized spacial score (nSPS) is 15.3. The van der Waals surface area contributed by atoms with Crippen LogP contribution >= 0.6 is 0 Å². The Balaban J connectivity index is 1.82. The van der Waals surface area contributed by atoms with Crippen molar-refractivity contribution in [2.24, 2.45) is 0 Å². The summed E-state index contributed by atoms with van der Waals surface area (Å²) < 4.78 is 4.75. The molecule has 1 aliphatic rings. The van der Waals surface area contributed by atoms with E-state index in [-0.39, 0.29) is 6.09 Å². The molecule has 0 bridgehead atoms. The Labute approximate surface area is 123 Å². The van der Waals surface area contributed by atoms with Gasteiger partial charge in [-0.15, -0.1) is 0 Å². The van der Waals surface area contributed by atoms with Gasteiger partial charge in [0.25, 0.3) is 0 Å². The number of ether oxygens (including phenoxy) is 1. The molecular formula is C15H18N4O2. The van der Waals surface area contributed by atoms with Crippen LogP contribution in [0.25, 0.3) is 11.0 Å². The van der Waals surface area contributed by atoms with E-state index in [1.807, 2.05) is 31.2 Å². The zero-order chi connectivity index (χ0) is 14.8. The van der Waals surface area contributed by atoms with Crippen molar-refractivity contribution in [1.82, 2.24) is 14.9 Å². The molecule has 1 aliphatic heterocycles. The summed E-state index contributed by atoms with van der Waals surface area (Å²) >= 11 is 0. The second-order valence-corrected chi connectivity index (χ2v) is 5.07. The smallest absolute Gasteiger partial charge is 0.409 e. The highest BCUT2D eigenvalue weighted by Gasteiger charge is 2.23. The van der Waals surface area contributed by atoms with Gasteiger partial charge in [0.05, 0.1) is 23.8 Å². The molecule has 110 valence electrons. The number of anilines is 1. The Morgan fingerprint density at radius 2 is 1.71 bits per heavy atom. The number of fused-ring (bicyclic) bond motifs is 1. The first-order chi connectivity index (χ1) is 10.2. The molecule has 1 saturated heterocycles. The average Bonchev–Trinajstić information content (AvgIpc) is 2.53. The summed E-state index contributed by atoms with van der Waals surface area (Å²) in [5.41, 5.74) is 2.72. The summed E-state index contributed by atoms with van der Waals surface area (Å²) in [7, 11) is 1.41. The maximum atomic E-state index is 11.5. The maximum absolute atomic E-state index is 11.5. The standard InChI is InChI=1S/C15H18N4O2/c1-11-14(17-13-6-4-3-5-12(13)16-11)18-7-9-19(10-8-18)15(20)21-2/h3-6H,7-10H2,1-2H3. The number of carbonyl (C=O) groups excluding carboxylic acids is 1. The summed E-state index contributed by atoms with van der Waals surface area (Å²) in [5.74, 6) is 0.901. The molecule has 6 heteroatoms. The van der Waals surface area contributed by atoms with Gasteiger partial charge in [-0.3, -0.25) is 0 Å². The number of carbonyl (C=O) groups is 1. The van der Waals surface area contributed by atoms with E-state index in [1.54, 1.807) is 4.90 Å². The first kappa shape index (κ1) is 13.6. The monoisotopic (exact) mass is 286 g/mol. The summed E-state index contributed by atoms with van der Waals surface area (Å²) in [5, 5.41) is 0. The van der Waals surface area contributed by atoms with Crippen LogP contribution in [0.15, 0.2) is 24.3 Å². The zero-order valence-corrected chi connectivity index (χ0v) is 12.2. The minimum atomic E-state index is -0.268. The number of aryl methyl sites for hydroxylation is 1. The van der Waals surface area contributed by atoms with E-state index in [2.05, 4.69) is 9.88 Å². The number of hydrogen-bond donors (Lipinski definition) is 0. The lowest BCUT2D eigenvalue weighted by molar-refractivity contribution is 0.121. The zero-order valence-electron chi connectivity index (χ0n) is 12.2. The number of amides is 1. The third kappa shape index (κ3) is 2.61. The van der Waals surface area contributed by atoms with Crippen LogP contribution in [0.5, 0.6) is 0 Å². The van der Waals surface area contributed by atoms with Gasteiger partial charge in [0.1, 0.15) is 0 Å². The molecular weight excluding hydrogens is 268 g/mol. The largest absolute Gasteiger partial charge is 0.453 e. The fraction of sp³-hybridized carbons (Fsp3) is 0.400. The molecule has 0 unspecified atom stereocenters. The summed E-state index contributed by atoms with van der Waals surface area (Å²) in [4.78, 5) is 24.7. The molecule has 6 nitrogen and oxygen atoms in total. The molecule has 0 saturated carbocycles. The molecule has 2 heterocycles. The molecule has 1 aromatic heterocycles. The predicted octanol–water partition coefficient (Wildman–Crippen LogP) is 1.83. The van der Waals surface area contributed by atoms with Gasteiger partial charge >= 0.3 is 6.09 Å². The van der Waals surface area contributed by atoms with E-state index in [9.17, 15) is 4.79 Å². The molecule has 0 aliphatic carbocycles. The van der Waals surface area contributed by atoms with Crippen molar-refractivity contribution >= 4 is 22.9 Å². The topological polar surface area (TPSA) is 58.6 Å². The van der Waals surface area contributed by atoms with Gasteiger partial charge in [-0.2, -0.15) is 0 Å². The van der Waals surface area contributed by atoms with Gasteiger partial charge in [0.2, 0.25) is 0 Å². The lowest BCUT2D eigenvalue weighted by atomic mass is 10.2. The number of piperazine rings is 1. The van der Waals surface area contributed by atoms with Gasteiger partial charge in [0, 0.05) is 26.2 Å². The van der Waals surface area contributed by atoms with Crippen LogP contribution in [-0.2, 0) is 4.74 Å². The molecule has 1 aromatic carbocycles. The summed E-state index contributed by atoms with van der Waals surface area (Å²) in [6.07, 6.45) is -0.268. The lowest BCUT2D eigenvalue weighted by Gasteiger charge is -2.35. The van der Waals surface area contributed by atoms with Crippen LogP contribution in [0.4, 0.5) is 10.6 Å². The Morgan fingerprint density at radius 3 is 2.33 bits per heavy atom. The molecule has 0 spiro atoms. The number of benzene rings is 1. The van der Waals surface area contributed by atoms with E-state index >= 15 is 0 Å². The SMILES string of the molecule is COC(=O)N1CCN(c2nc3ccccc3nc2C)CC1. The number of rotatable bonds is 1. The van der Waals surface area contributed by atoms with Crippen molar-refractivity contribution in [1.29, 1.82) is 0 Å². The van der Waals surface area contributed by atoms with Crippen LogP contribution < -0.4 is 4.90 Å². The van der Waals surface area contributed by atoms with E-state index in [4.69, 9.17) is 9.72 Å². The minimum Gasteiger partial charge on any atom is -0.453 e. The van der Waals surface area contributed by atoms with Crippen LogP contribution in [0.1, 0.15) is 5.69 Å². The molecule has 2 aromatic rings. The first-order valence-electron chi connectivity index (χ1n) is 7.00. The van der Waals surface area contributed by atoms with E-state index in [0.717, 1.165) is 35.6 Å². The molecule has 3 rings (SSSR count). The quantitative estimate of drug-likeness (QED) is 0.800. The average molecular weight is 286 g/mol. The number of nitrogens with zero attached hydrogens (tertiary/aromatic N) is 4. The molecule has 0 atom stereocenters. The molecule has 0 N–H and O–H groups in total. The van der Waals surface area contributed by atoms with Crippen molar-refractivity contribution in [3.05, 3.63) is 30.0 Å². The first-order valence-corrected chi connectivity index (χ1v) is 7.00. The highest BCUT2D eigenvalue weighted by atomic mass is 16.5. The van der Waals surface area contributed by atoms with Crippen molar-refractivity contribution in [2.75, 3.05) is 38.2 Å². The van der Waals surface area contributed by atoms with Gasteiger partial charge in [0.15, 0.2) is 5.82 Å². The summed E-state index contributed by atoms with van der Waals surface area (Å²) in [6, 6.07) is 7.86. The Morgan fingerprint density at radius 1 is 1.10 bits per heavy atom. The van der Waals surface area contributed by atoms with E-state index in [1.165, 1.54) is 7.11 Å². The molecule has 21 heavy (non-hydrogen) atoms. The van der Waals surface area contributed by atoms with Crippen molar-refractivity contribution < 1.29 is 9.53 Å². The van der Waals surface area contributed by atoms with Crippen LogP contribution in [0.2, 0.25) is 0 Å². The van der Waals surface area contributed by atoms with Crippen molar-refractivity contribution in [2.45, 2.75) is 6.92 Å². The Hall–Kier alpha value is -2.37. The number of aromatic nitrogens is 2. The third-order valence-corrected chi connectivity index (χ3v) is 3.73. The fourth-order valence-corrected chi connectivity index (χ4v) is 2.61. The number of hydrogen-bond acceptors (Lipinski definition) is 5. The maximum Gasteiger partial charge on any atom is 0.409 e. The second kappa shape index (κ2) is 5.55. The number of para-hydroxylation sites is 2.